The van der Waals surface area contributed by atoms with Crippen LogP contribution in [0.15, 0.2) is 36.7 Å². The van der Waals surface area contributed by atoms with Crippen LogP contribution in [-0.4, -0.2) is 51.4 Å². The molecular weight excluding hydrogens is 493 g/mol. The monoisotopic (exact) mass is 541 g/mol. The summed E-state index contributed by atoms with van der Waals surface area (Å²) in [4.78, 5) is 4.64. The summed E-state index contributed by atoms with van der Waals surface area (Å²) in [6, 6.07) is 8.22. The third-order valence-corrected chi connectivity index (χ3v) is 12.8. The summed E-state index contributed by atoms with van der Waals surface area (Å²) in [6.45, 7) is 24.4. The second-order valence-corrected chi connectivity index (χ2v) is 18.0. The third-order valence-electron chi connectivity index (χ3n) is 8.32. The summed E-state index contributed by atoms with van der Waals surface area (Å²) in [6.07, 6.45) is 4.58. The lowest BCUT2D eigenvalue weighted by Gasteiger charge is -2.37. The molecular formula is C30H48BNO5Si. The minimum Gasteiger partial charge on any atom is -0.493 e. The average Bonchev–Trinajstić information content (AvgIpc) is 3.01. The molecule has 38 heavy (non-hydrogen) atoms. The Hall–Kier alpha value is -1.87. The van der Waals surface area contributed by atoms with Gasteiger partial charge in [-0.05, 0) is 95.3 Å². The van der Waals surface area contributed by atoms with Gasteiger partial charge in [0.2, 0.25) is 0 Å². The van der Waals surface area contributed by atoms with Crippen LogP contribution in [0.25, 0.3) is 11.1 Å². The van der Waals surface area contributed by atoms with Gasteiger partial charge in [0, 0.05) is 30.5 Å². The minimum atomic E-state index is -1.96. The van der Waals surface area contributed by atoms with Gasteiger partial charge in [0.1, 0.15) is 0 Å². The average molecular weight is 542 g/mol. The Morgan fingerprint density at radius 1 is 0.947 bits per heavy atom. The molecule has 1 aliphatic heterocycles. The fourth-order valence-corrected chi connectivity index (χ4v) is 5.21. The van der Waals surface area contributed by atoms with E-state index in [4.69, 9.17) is 23.2 Å². The molecule has 1 saturated heterocycles. The maximum Gasteiger partial charge on any atom is 0.458 e. The van der Waals surface area contributed by atoms with Crippen LogP contribution >= 0.6 is 0 Å². The highest BCUT2D eigenvalue weighted by Gasteiger charge is 2.51. The molecule has 8 heteroatoms. The molecule has 2 aromatic rings. The summed E-state index contributed by atoms with van der Waals surface area (Å²) in [7, 11) is -0.613. The molecule has 2 heterocycles. The van der Waals surface area contributed by atoms with E-state index in [1.165, 1.54) is 0 Å². The largest absolute Gasteiger partial charge is 0.493 e. The molecule has 0 amide bonds. The van der Waals surface area contributed by atoms with Crippen molar-refractivity contribution in [2.75, 3.05) is 13.7 Å². The Balaban J connectivity index is 1.94. The van der Waals surface area contributed by atoms with Crippen LogP contribution in [0.2, 0.25) is 24.5 Å². The van der Waals surface area contributed by atoms with Crippen LogP contribution in [0.3, 0.4) is 0 Å². The molecule has 1 aromatic heterocycles. The van der Waals surface area contributed by atoms with E-state index in [1.807, 2.05) is 44.4 Å². The highest BCUT2D eigenvalue weighted by molar-refractivity contribution is 6.74. The number of rotatable bonds is 10. The van der Waals surface area contributed by atoms with E-state index in [9.17, 15) is 0 Å². The molecule has 0 radical (unpaired) electrons. The Bertz CT molecular complexity index is 1080. The maximum absolute atomic E-state index is 6.73. The summed E-state index contributed by atoms with van der Waals surface area (Å²) >= 11 is 0. The first-order chi connectivity index (χ1) is 17.5. The van der Waals surface area contributed by atoms with Crippen LogP contribution in [0.5, 0.6) is 11.5 Å². The number of pyridine rings is 1. The molecule has 0 bridgehead atoms. The van der Waals surface area contributed by atoms with Gasteiger partial charge in [-0.3, -0.25) is 4.98 Å². The lowest BCUT2D eigenvalue weighted by molar-refractivity contribution is 0.00578. The second-order valence-electron chi connectivity index (χ2n) is 13.2. The van der Waals surface area contributed by atoms with Crippen LogP contribution in [0, 0.1) is 0 Å². The van der Waals surface area contributed by atoms with Gasteiger partial charge in [0.05, 0.1) is 24.4 Å². The third kappa shape index (κ3) is 7.01. The zero-order valence-corrected chi connectivity index (χ0v) is 26.6. The fraction of sp³-hybridized carbons (Fsp3) is 0.633. The van der Waals surface area contributed by atoms with E-state index < -0.39 is 8.32 Å². The van der Waals surface area contributed by atoms with E-state index in [2.05, 4.69) is 72.6 Å². The van der Waals surface area contributed by atoms with Crippen LogP contribution in [0.4, 0.5) is 0 Å². The summed E-state index contributed by atoms with van der Waals surface area (Å²) < 4.78 is 31.0. The molecule has 0 spiro atoms. The van der Waals surface area contributed by atoms with E-state index in [-0.39, 0.29) is 35.4 Å². The number of hydrogen-bond donors (Lipinski definition) is 0. The first-order valence-corrected chi connectivity index (χ1v) is 16.7. The van der Waals surface area contributed by atoms with Crippen molar-refractivity contribution in [3.63, 3.8) is 0 Å². The van der Waals surface area contributed by atoms with E-state index in [0.717, 1.165) is 22.4 Å². The van der Waals surface area contributed by atoms with Crippen LogP contribution in [-0.2, 0) is 13.7 Å². The predicted molar refractivity (Wildman–Crippen MR) is 159 cm³/mol. The summed E-state index contributed by atoms with van der Waals surface area (Å²) in [5, 5.41) is 0.123. The first-order valence-electron chi connectivity index (χ1n) is 13.8. The first kappa shape index (κ1) is 30.7. The molecule has 1 atom stereocenters. The van der Waals surface area contributed by atoms with Gasteiger partial charge in [0.15, 0.2) is 19.8 Å². The summed E-state index contributed by atoms with van der Waals surface area (Å²) in [5.41, 5.74) is 2.40. The molecule has 210 valence electrons. The topological polar surface area (TPSA) is 59.0 Å². The van der Waals surface area contributed by atoms with E-state index in [0.29, 0.717) is 18.7 Å². The van der Waals surface area contributed by atoms with Crippen molar-refractivity contribution < 1.29 is 23.2 Å². The number of methoxy groups -OCH3 is 1. The van der Waals surface area contributed by atoms with Crippen molar-refractivity contribution in [3.8, 4) is 22.6 Å². The number of ether oxygens (including phenoxy) is 2. The standard InChI is InChI=1S/C30H48BNO5Si/c1-21(2)35-27-16-22(13-14-26(27)33-10)23-15-24(19-32-18-23)25(20-34-38(11,12)28(3,4)5)17-31-36-29(6,7)30(8,9)37-31/h13-16,18-19,21,25H,17,20H2,1-12H3. The van der Waals surface area contributed by atoms with Crippen molar-refractivity contribution in [2.24, 2.45) is 0 Å². The van der Waals surface area contributed by atoms with Gasteiger partial charge >= 0.3 is 7.12 Å². The normalized spacial score (nSPS) is 18.1. The van der Waals surface area contributed by atoms with Crippen molar-refractivity contribution in [3.05, 3.63) is 42.2 Å². The number of nitrogens with zero attached hydrogens (tertiary/aromatic N) is 1. The number of aromatic nitrogens is 1. The van der Waals surface area contributed by atoms with Crippen molar-refractivity contribution in [1.82, 2.24) is 4.98 Å². The molecule has 1 aliphatic rings. The predicted octanol–water partition coefficient (Wildman–Crippen LogP) is 7.74. The van der Waals surface area contributed by atoms with Crippen molar-refractivity contribution in [1.29, 1.82) is 0 Å². The highest BCUT2D eigenvalue weighted by Crippen LogP contribution is 2.42. The SMILES string of the molecule is COc1ccc(-c2cncc(C(CO[Si](C)(C)C(C)(C)C)CB3OC(C)(C)C(C)(C)O3)c2)cc1OC(C)C. The number of benzene rings is 1. The minimum absolute atomic E-state index is 0.0420. The fourth-order valence-electron chi connectivity index (χ4n) is 4.16. The van der Waals surface area contributed by atoms with E-state index >= 15 is 0 Å². The second kappa shape index (κ2) is 11.3. The van der Waals surface area contributed by atoms with Gasteiger partial charge in [-0.25, -0.2) is 0 Å². The van der Waals surface area contributed by atoms with Crippen molar-refractivity contribution >= 4 is 15.4 Å². The van der Waals surface area contributed by atoms with E-state index in [1.54, 1.807) is 7.11 Å². The highest BCUT2D eigenvalue weighted by atomic mass is 28.4. The zero-order chi connectivity index (χ0) is 28.5. The summed E-state index contributed by atoms with van der Waals surface area (Å²) in [5.74, 6) is 1.50. The van der Waals surface area contributed by atoms with Gasteiger partial charge in [-0.2, -0.15) is 0 Å². The lowest BCUT2D eigenvalue weighted by atomic mass is 9.75. The maximum atomic E-state index is 6.73. The quantitative estimate of drug-likeness (QED) is 0.287. The lowest BCUT2D eigenvalue weighted by Crippen LogP contribution is -2.42. The molecule has 0 aliphatic carbocycles. The number of hydrogen-bond acceptors (Lipinski definition) is 6. The zero-order valence-electron chi connectivity index (χ0n) is 25.6. The molecule has 0 saturated carbocycles. The van der Waals surface area contributed by atoms with Crippen LogP contribution < -0.4 is 9.47 Å². The van der Waals surface area contributed by atoms with Crippen molar-refractivity contribution in [2.45, 2.75) is 110 Å². The Labute approximate surface area is 232 Å². The Kier molecular flexibility index (Phi) is 9.14. The van der Waals surface area contributed by atoms with Crippen LogP contribution in [0.1, 0.15) is 73.8 Å². The molecule has 1 fully saturated rings. The molecule has 3 rings (SSSR count). The molecule has 0 N–H and O–H groups in total. The smallest absolute Gasteiger partial charge is 0.458 e. The van der Waals surface area contributed by atoms with Gasteiger partial charge in [0.25, 0.3) is 0 Å². The Morgan fingerprint density at radius 2 is 1.58 bits per heavy atom. The molecule has 1 unspecified atom stereocenters. The van der Waals surface area contributed by atoms with Gasteiger partial charge in [-0.15, -0.1) is 0 Å². The molecule has 1 aromatic carbocycles. The van der Waals surface area contributed by atoms with Gasteiger partial charge in [-0.1, -0.05) is 26.8 Å². The van der Waals surface area contributed by atoms with Gasteiger partial charge < -0.3 is 23.2 Å². The molecule has 6 nitrogen and oxygen atoms in total. The Morgan fingerprint density at radius 3 is 2.13 bits per heavy atom.